The molecule has 122 valence electrons. The predicted octanol–water partition coefficient (Wildman–Crippen LogP) is 3.83. The van der Waals surface area contributed by atoms with E-state index in [4.69, 9.17) is 4.74 Å². The first kappa shape index (κ1) is 16.0. The Labute approximate surface area is 140 Å². The van der Waals surface area contributed by atoms with E-state index >= 15 is 0 Å². The molecule has 0 unspecified atom stereocenters. The molecule has 0 radical (unpaired) electrons. The second kappa shape index (κ2) is 6.32. The van der Waals surface area contributed by atoms with Crippen LogP contribution in [0.5, 0.6) is 5.75 Å². The highest BCUT2D eigenvalue weighted by Gasteiger charge is 2.43. The number of hydrogen-bond donors (Lipinski definition) is 1. The summed E-state index contributed by atoms with van der Waals surface area (Å²) >= 11 is 0. The Balaban J connectivity index is 2.09. The van der Waals surface area contributed by atoms with Gasteiger partial charge in [-0.15, -0.1) is 0 Å². The first-order chi connectivity index (χ1) is 11.5. The molecule has 3 rings (SSSR count). The van der Waals surface area contributed by atoms with Gasteiger partial charge in [0.15, 0.2) is 11.6 Å². The molecule has 2 aromatic carbocycles. The Morgan fingerprint density at radius 3 is 2.25 bits per heavy atom. The highest BCUT2D eigenvalue weighted by Crippen LogP contribution is 2.43. The van der Waals surface area contributed by atoms with Gasteiger partial charge in [-0.3, -0.25) is 9.59 Å². The monoisotopic (exact) mass is 322 g/mol. The van der Waals surface area contributed by atoms with Crippen LogP contribution in [0.15, 0.2) is 65.9 Å². The lowest BCUT2D eigenvalue weighted by atomic mass is 9.82. The molecule has 2 aromatic rings. The van der Waals surface area contributed by atoms with Gasteiger partial charge in [0, 0.05) is 5.57 Å². The Morgan fingerprint density at radius 1 is 1.00 bits per heavy atom. The van der Waals surface area contributed by atoms with Gasteiger partial charge in [-0.1, -0.05) is 42.5 Å². The fraction of sp³-hybridized carbons (Fsp3) is 0.200. The summed E-state index contributed by atoms with van der Waals surface area (Å²) < 4.78 is 5.87. The maximum Gasteiger partial charge on any atom is 0.178 e. The Morgan fingerprint density at radius 2 is 1.62 bits per heavy atom. The zero-order chi connectivity index (χ0) is 17.3. The minimum Gasteiger partial charge on any atom is -0.507 e. The van der Waals surface area contributed by atoms with Gasteiger partial charge in [-0.2, -0.15) is 0 Å². The topological polar surface area (TPSA) is 63.6 Å². The molecule has 1 heterocycles. The molecule has 0 saturated carbocycles. The third-order valence-electron chi connectivity index (χ3n) is 4.26. The van der Waals surface area contributed by atoms with Crippen molar-refractivity contribution in [1.82, 2.24) is 0 Å². The van der Waals surface area contributed by atoms with Crippen LogP contribution in [0, 0.1) is 5.92 Å². The van der Waals surface area contributed by atoms with Crippen molar-refractivity contribution < 1.29 is 19.4 Å². The summed E-state index contributed by atoms with van der Waals surface area (Å²) in [6.07, 6.45) is -0.572. The normalized spacial score (nSPS) is 19.9. The van der Waals surface area contributed by atoms with E-state index in [-0.39, 0.29) is 22.9 Å². The van der Waals surface area contributed by atoms with Crippen molar-refractivity contribution >= 4 is 11.6 Å². The first-order valence-corrected chi connectivity index (χ1v) is 7.76. The molecule has 1 aliphatic rings. The van der Waals surface area contributed by atoms with Crippen LogP contribution in [0.25, 0.3) is 0 Å². The molecule has 4 nitrogen and oxygen atoms in total. The van der Waals surface area contributed by atoms with Gasteiger partial charge in [-0.25, -0.2) is 0 Å². The highest BCUT2D eigenvalue weighted by molar-refractivity contribution is 6.09. The SMILES string of the molecule is CC(=O)C1=C(C)O[C@H](c2ccccc2)[C@@H]1C(=O)c1ccccc1O. The lowest BCUT2D eigenvalue weighted by Gasteiger charge is -2.20. The third-order valence-corrected chi connectivity index (χ3v) is 4.26. The second-order valence-corrected chi connectivity index (χ2v) is 5.83. The van der Waals surface area contributed by atoms with Crippen molar-refractivity contribution in [3.05, 3.63) is 77.1 Å². The van der Waals surface area contributed by atoms with Gasteiger partial charge in [0.05, 0.1) is 11.5 Å². The summed E-state index contributed by atoms with van der Waals surface area (Å²) in [5.41, 5.74) is 1.39. The van der Waals surface area contributed by atoms with E-state index in [2.05, 4.69) is 0 Å². The van der Waals surface area contributed by atoms with Gasteiger partial charge >= 0.3 is 0 Å². The number of Topliss-reactive ketones (excluding diaryl/α,β-unsaturated/α-hetero) is 2. The minimum atomic E-state index is -0.766. The summed E-state index contributed by atoms with van der Waals surface area (Å²) in [4.78, 5) is 25.2. The van der Waals surface area contributed by atoms with E-state index in [9.17, 15) is 14.7 Å². The lowest BCUT2D eigenvalue weighted by molar-refractivity contribution is -0.114. The molecule has 1 aliphatic heterocycles. The van der Waals surface area contributed by atoms with E-state index in [1.165, 1.54) is 13.0 Å². The maximum atomic E-state index is 13.1. The average Bonchev–Trinajstić information content (AvgIpc) is 2.93. The van der Waals surface area contributed by atoms with Crippen molar-refractivity contribution in [3.8, 4) is 5.75 Å². The summed E-state index contributed by atoms with van der Waals surface area (Å²) in [6, 6.07) is 15.7. The van der Waals surface area contributed by atoms with Crippen LogP contribution >= 0.6 is 0 Å². The quantitative estimate of drug-likeness (QED) is 0.869. The molecule has 4 heteroatoms. The number of phenols is 1. The third kappa shape index (κ3) is 2.71. The van der Waals surface area contributed by atoms with Gasteiger partial charge < -0.3 is 9.84 Å². The van der Waals surface area contributed by atoms with Crippen molar-refractivity contribution in [2.24, 2.45) is 5.92 Å². The largest absolute Gasteiger partial charge is 0.507 e. The molecule has 24 heavy (non-hydrogen) atoms. The number of rotatable bonds is 4. The molecule has 0 aromatic heterocycles. The minimum absolute atomic E-state index is 0.0956. The highest BCUT2D eigenvalue weighted by atomic mass is 16.5. The number of hydrogen-bond acceptors (Lipinski definition) is 4. The standard InChI is InChI=1S/C20H18O4/c1-12(21)17-13(2)24-20(14-8-4-3-5-9-14)18(17)19(23)15-10-6-7-11-16(15)22/h3-11,18,20,22H,1-2H3/t18-,20+/m0/s1. The van der Waals surface area contributed by atoms with Crippen molar-refractivity contribution in [2.45, 2.75) is 20.0 Å². The number of carbonyl (C=O) groups excluding carboxylic acids is 2. The number of phenolic OH excluding ortho intramolecular Hbond substituents is 1. The summed E-state index contributed by atoms with van der Waals surface area (Å²) in [5, 5.41) is 10.0. The second-order valence-electron chi connectivity index (χ2n) is 5.83. The van der Waals surface area contributed by atoms with Crippen LogP contribution in [0.4, 0.5) is 0 Å². The van der Waals surface area contributed by atoms with Gasteiger partial charge in [0.25, 0.3) is 0 Å². The Hall–Kier alpha value is -2.88. The molecule has 0 aliphatic carbocycles. The Bertz CT molecular complexity index is 821. The van der Waals surface area contributed by atoms with Crippen LogP contribution < -0.4 is 0 Å². The predicted molar refractivity (Wildman–Crippen MR) is 89.6 cm³/mol. The van der Waals surface area contributed by atoms with E-state index in [0.717, 1.165) is 5.56 Å². The summed E-state index contributed by atoms with van der Waals surface area (Å²) in [5.74, 6) is -0.909. The molecular formula is C20H18O4. The fourth-order valence-electron chi connectivity index (χ4n) is 3.18. The summed E-state index contributed by atoms with van der Waals surface area (Å²) in [6.45, 7) is 3.13. The number of aromatic hydroxyl groups is 1. The number of carbonyl (C=O) groups is 2. The van der Waals surface area contributed by atoms with E-state index < -0.39 is 12.0 Å². The van der Waals surface area contributed by atoms with Crippen molar-refractivity contribution in [2.75, 3.05) is 0 Å². The molecule has 0 saturated heterocycles. The van der Waals surface area contributed by atoms with Crippen molar-refractivity contribution in [3.63, 3.8) is 0 Å². The fourth-order valence-corrected chi connectivity index (χ4v) is 3.18. The van der Waals surface area contributed by atoms with Crippen LogP contribution in [0.1, 0.15) is 35.9 Å². The zero-order valence-electron chi connectivity index (χ0n) is 13.5. The number of para-hydroxylation sites is 1. The molecule has 0 amide bonds. The van der Waals surface area contributed by atoms with Gasteiger partial charge in [0.1, 0.15) is 17.6 Å². The average molecular weight is 322 g/mol. The zero-order valence-corrected chi connectivity index (χ0v) is 13.5. The van der Waals surface area contributed by atoms with E-state index in [1.54, 1.807) is 25.1 Å². The van der Waals surface area contributed by atoms with Gasteiger partial charge in [-0.05, 0) is 31.5 Å². The maximum absolute atomic E-state index is 13.1. The van der Waals surface area contributed by atoms with Crippen LogP contribution in [-0.2, 0) is 9.53 Å². The summed E-state index contributed by atoms with van der Waals surface area (Å²) in [7, 11) is 0. The van der Waals surface area contributed by atoms with Crippen LogP contribution in [0.3, 0.4) is 0 Å². The number of ketones is 2. The number of allylic oxidation sites excluding steroid dienone is 1. The smallest absolute Gasteiger partial charge is 0.178 e. The number of benzene rings is 2. The lowest BCUT2D eigenvalue weighted by Crippen LogP contribution is -2.24. The van der Waals surface area contributed by atoms with Gasteiger partial charge in [0.2, 0.25) is 0 Å². The molecule has 0 bridgehead atoms. The molecule has 2 atom stereocenters. The first-order valence-electron chi connectivity index (χ1n) is 7.76. The van der Waals surface area contributed by atoms with Crippen molar-refractivity contribution in [1.29, 1.82) is 0 Å². The van der Waals surface area contributed by atoms with Crippen LogP contribution in [-0.4, -0.2) is 16.7 Å². The molecule has 1 N–H and O–H groups in total. The molecule has 0 fully saturated rings. The molecule has 0 spiro atoms. The number of ether oxygens (including phenoxy) is 1. The molecular weight excluding hydrogens is 304 g/mol. The van der Waals surface area contributed by atoms with E-state index in [0.29, 0.717) is 11.3 Å². The van der Waals surface area contributed by atoms with Crippen LogP contribution in [0.2, 0.25) is 0 Å². The Kier molecular flexibility index (Phi) is 4.21. The van der Waals surface area contributed by atoms with E-state index in [1.807, 2.05) is 30.3 Å².